The minimum absolute atomic E-state index is 0.535. The molecule has 0 aromatic heterocycles. The minimum atomic E-state index is -2.50. The molecule has 0 spiro atoms. The monoisotopic (exact) mass is 319 g/mol. The first-order valence-corrected chi connectivity index (χ1v) is 4.55. The maximum absolute atomic E-state index is 8.78. The van der Waals surface area contributed by atoms with Crippen molar-refractivity contribution in [1.29, 1.82) is 0 Å². The molecule has 0 aromatic rings. The molecule has 0 saturated heterocycles. The van der Waals surface area contributed by atoms with Gasteiger partial charge in [0.15, 0.2) is 0 Å². The lowest BCUT2D eigenvalue weighted by molar-refractivity contribution is -0.335. The average Bonchev–Trinajstić information content (AvgIpc) is 2.16. The number of nitrogens with two attached hydrogens (primary N) is 3. The summed E-state index contributed by atoms with van der Waals surface area (Å²) < 4.78 is 0. The molecular formula is C8H21N3O10. The Morgan fingerprint density at radius 2 is 0.857 bits per heavy atom. The molecule has 0 unspecified atom stereocenters. The van der Waals surface area contributed by atoms with E-state index in [-0.39, 0.29) is 0 Å². The highest BCUT2D eigenvalue weighted by Gasteiger charge is 2.22. The Labute approximate surface area is 119 Å². The van der Waals surface area contributed by atoms with Crippen molar-refractivity contribution in [2.75, 3.05) is 0 Å². The van der Waals surface area contributed by atoms with Gasteiger partial charge < -0.3 is 52.6 Å². The van der Waals surface area contributed by atoms with Gasteiger partial charge in [-0.2, -0.15) is 0 Å². The van der Waals surface area contributed by atoms with E-state index in [9.17, 15) is 0 Å². The quantitative estimate of drug-likeness (QED) is 0.239. The molecule has 3 amide bonds. The molecule has 128 valence electrons. The van der Waals surface area contributed by atoms with Crippen molar-refractivity contribution in [2.45, 2.75) is 19.8 Å². The summed E-state index contributed by atoms with van der Waals surface area (Å²) in [5.74, 6) is -3.03. The summed E-state index contributed by atoms with van der Waals surface area (Å²) in [4.78, 5) is 34.3. The van der Waals surface area contributed by atoms with E-state index in [4.69, 9.17) is 49.8 Å². The lowest BCUT2D eigenvalue weighted by Gasteiger charge is -2.16. The van der Waals surface area contributed by atoms with Gasteiger partial charge in [-0.15, -0.1) is 0 Å². The molecule has 0 saturated carbocycles. The van der Waals surface area contributed by atoms with Gasteiger partial charge in [-0.3, -0.25) is 0 Å². The zero-order valence-electron chi connectivity index (χ0n) is 11.3. The zero-order valence-corrected chi connectivity index (χ0v) is 11.3. The summed E-state index contributed by atoms with van der Waals surface area (Å²) >= 11 is 0. The van der Waals surface area contributed by atoms with Crippen molar-refractivity contribution >= 4 is 25.1 Å². The molecule has 0 aromatic carbocycles. The number of carbonyl (C=O) groups is 4. The highest BCUT2D eigenvalue weighted by atomic mass is 16.7. The Morgan fingerprint density at radius 1 is 0.810 bits per heavy atom. The van der Waals surface area contributed by atoms with Crippen LogP contribution in [0.1, 0.15) is 13.8 Å². The van der Waals surface area contributed by atoms with Gasteiger partial charge in [0.1, 0.15) is 6.79 Å². The second-order valence-corrected chi connectivity index (χ2v) is 2.86. The number of carboxylic acid groups (broad SMARTS) is 3. The van der Waals surface area contributed by atoms with E-state index in [0.29, 0.717) is 0 Å². The minimum Gasteiger partial charge on any atom is -0.465 e. The topological polar surface area (TPSA) is 268 Å². The van der Waals surface area contributed by atoms with E-state index < -0.39 is 30.2 Å². The van der Waals surface area contributed by atoms with Crippen molar-refractivity contribution in [3.63, 3.8) is 0 Å². The molecule has 0 atom stereocenters. The fraction of sp³-hybridized carbons (Fsp3) is 0.500. The molecule has 0 aliphatic carbocycles. The Balaban J connectivity index is -0.0000000539. The van der Waals surface area contributed by atoms with Crippen LogP contribution >= 0.6 is 0 Å². The Morgan fingerprint density at radius 3 is 0.857 bits per heavy atom. The molecule has 12 N–H and O–H groups in total. The molecule has 13 nitrogen and oxygen atoms in total. The predicted octanol–water partition coefficient (Wildman–Crippen LogP) is -2.04. The molecule has 0 rings (SSSR count). The lowest BCUT2D eigenvalue weighted by atomic mass is 10.2. The second kappa shape index (κ2) is 19.7. The van der Waals surface area contributed by atoms with Gasteiger partial charge in [0.05, 0.1) is 0 Å². The van der Waals surface area contributed by atoms with Crippen LogP contribution in [0.3, 0.4) is 0 Å². The van der Waals surface area contributed by atoms with Crippen LogP contribution in [0.5, 0.6) is 0 Å². The van der Waals surface area contributed by atoms with Gasteiger partial charge in [-0.05, 0) is 0 Å². The third-order valence-corrected chi connectivity index (χ3v) is 0.775. The summed E-state index contributed by atoms with van der Waals surface area (Å²) in [7, 11) is 0. The van der Waals surface area contributed by atoms with E-state index in [1.165, 1.54) is 13.8 Å². The number of amides is 3. The van der Waals surface area contributed by atoms with Gasteiger partial charge in [0.25, 0.3) is 5.97 Å². The first kappa shape index (κ1) is 31.0. The van der Waals surface area contributed by atoms with Gasteiger partial charge in [0.2, 0.25) is 0 Å². The van der Waals surface area contributed by atoms with Crippen LogP contribution in [0, 0.1) is 5.92 Å². The Bertz CT molecular complexity index is 235. The van der Waals surface area contributed by atoms with Gasteiger partial charge >= 0.3 is 18.3 Å². The molecule has 0 bridgehead atoms. The predicted molar refractivity (Wildman–Crippen MR) is 68.0 cm³/mol. The second-order valence-electron chi connectivity index (χ2n) is 2.86. The van der Waals surface area contributed by atoms with Crippen LogP contribution in [0.15, 0.2) is 0 Å². The molecule has 13 heteroatoms. The SMILES string of the molecule is C=O.CC(C)C(O)(O)O.NC(=O)O.NC(=O)O.NC(=O)O. The third kappa shape index (κ3) is 363. The van der Waals surface area contributed by atoms with E-state index >= 15 is 0 Å². The fourth-order valence-electron chi connectivity index (χ4n) is 0. The van der Waals surface area contributed by atoms with Gasteiger partial charge in [-0.1, -0.05) is 13.8 Å². The number of carbonyl (C=O) groups excluding carboxylic acids is 1. The number of hydrogen-bond acceptors (Lipinski definition) is 7. The summed E-state index contributed by atoms with van der Waals surface area (Å²) in [6.45, 7) is 5.00. The van der Waals surface area contributed by atoms with Crippen LogP contribution < -0.4 is 17.2 Å². The number of aliphatic hydroxyl groups is 3. The Kier molecular flexibility index (Phi) is 29.1. The largest absolute Gasteiger partial charge is 0.465 e. The first-order valence-electron chi connectivity index (χ1n) is 4.55. The molecule has 21 heavy (non-hydrogen) atoms. The van der Waals surface area contributed by atoms with Gasteiger partial charge in [-0.25, -0.2) is 14.4 Å². The van der Waals surface area contributed by atoms with Crippen molar-refractivity contribution in [2.24, 2.45) is 23.1 Å². The van der Waals surface area contributed by atoms with Crippen LogP contribution in [0.2, 0.25) is 0 Å². The molecule has 0 aliphatic heterocycles. The average molecular weight is 319 g/mol. The smallest absolute Gasteiger partial charge is 0.402 e. The summed E-state index contributed by atoms with van der Waals surface area (Å²) in [6, 6.07) is 0. The van der Waals surface area contributed by atoms with E-state index in [1.807, 2.05) is 6.79 Å². The number of hydrogen-bond donors (Lipinski definition) is 9. The standard InChI is InChI=1S/C4H10O3.3CH3NO2.CH2O/c1-3(2)4(5,6)7;3*2-1(3)4;1-2/h3,5-7H,1-2H3;3*2H2,(H,3,4);1H2. The molecule has 0 aliphatic rings. The fourth-order valence-corrected chi connectivity index (χ4v) is 0. The van der Waals surface area contributed by atoms with E-state index in [1.54, 1.807) is 0 Å². The van der Waals surface area contributed by atoms with Crippen LogP contribution in [-0.4, -0.2) is 61.7 Å². The van der Waals surface area contributed by atoms with Crippen LogP contribution in [0.25, 0.3) is 0 Å². The molecule has 0 radical (unpaired) electrons. The number of primary amides is 3. The van der Waals surface area contributed by atoms with Gasteiger partial charge in [0, 0.05) is 5.92 Å². The van der Waals surface area contributed by atoms with E-state index in [0.717, 1.165) is 0 Å². The highest BCUT2D eigenvalue weighted by molar-refractivity contribution is 5.62. The lowest BCUT2D eigenvalue weighted by Crippen LogP contribution is -2.33. The molecule has 0 fully saturated rings. The normalized spacial score (nSPS) is 7.90. The summed E-state index contributed by atoms with van der Waals surface area (Å²) in [5, 5.41) is 46.2. The number of rotatable bonds is 1. The highest BCUT2D eigenvalue weighted by Crippen LogP contribution is 2.06. The Hall–Kier alpha value is -2.64. The van der Waals surface area contributed by atoms with Crippen molar-refractivity contribution in [1.82, 2.24) is 0 Å². The van der Waals surface area contributed by atoms with Crippen molar-refractivity contribution < 1.29 is 49.8 Å². The maximum Gasteiger partial charge on any atom is 0.402 e. The zero-order chi connectivity index (χ0) is 18.8. The van der Waals surface area contributed by atoms with E-state index in [2.05, 4.69) is 17.2 Å². The molecular weight excluding hydrogens is 298 g/mol. The van der Waals surface area contributed by atoms with Crippen molar-refractivity contribution in [3.05, 3.63) is 0 Å². The van der Waals surface area contributed by atoms with Crippen LogP contribution in [0.4, 0.5) is 14.4 Å². The van der Waals surface area contributed by atoms with Crippen LogP contribution in [-0.2, 0) is 4.79 Å². The molecule has 0 heterocycles. The maximum atomic E-state index is 8.78. The summed E-state index contributed by atoms with van der Waals surface area (Å²) in [5.41, 5.74) is 12.1. The first-order chi connectivity index (χ1) is 9.14. The summed E-state index contributed by atoms with van der Waals surface area (Å²) in [6.07, 6.45) is -4.00. The third-order valence-electron chi connectivity index (χ3n) is 0.775. The van der Waals surface area contributed by atoms with Crippen molar-refractivity contribution in [3.8, 4) is 0 Å².